The zero-order valence-corrected chi connectivity index (χ0v) is 16.8. The van der Waals surface area contributed by atoms with Gasteiger partial charge in [-0.3, -0.25) is 9.59 Å². The average Bonchev–Trinajstić information content (AvgIpc) is 3.29. The van der Waals surface area contributed by atoms with E-state index in [2.05, 4.69) is 15.4 Å². The van der Waals surface area contributed by atoms with Crippen LogP contribution in [0.4, 0.5) is 13.2 Å². The molecular formula is C17H12ClF3N4O5S. The molecule has 1 amide bonds. The van der Waals surface area contributed by atoms with Gasteiger partial charge in [-0.15, -0.1) is 11.3 Å². The molecule has 9 nitrogen and oxygen atoms in total. The van der Waals surface area contributed by atoms with Crippen molar-refractivity contribution in [2.45, 2.75) is 25.1 Å². The van der Waals surface area contributed by atoms with Crippen LogP contribution in [0.5, 0.6) is 0 Å². The zero-order valence-electron chi connectivity index (χ0n) is 15.2. The molecule has 0 aliphatic rings. The van der Waals surface area contributed by atoms with Crippen molar-refractivity contribution in [1.29, 1.82) is 0 Å². The lowest BCUT2D eigenvalue weighted by molar-refractivity contribution is -0.143. The molecule has 0 saturated heterocycles. The van der Waals surface area contributed by atoms with E-state index in [0.29, 0.717) is 13.7 Å². The van der Waals surface area contributed by atoms with E-state index in [1.807, 2.05) is 0 Å². The highest BCUT2D eigenvalue weighted by atomic mass is 35.5. The largest absolute Gasteiger partial charge is 0.481 e. The van der Waals surface area contributed by atoms with Gasteiger partial charge in [0.05, 0.1) is 21.1 Å². The van der Waals surface area contributed by atoms with Gasteiger partial charge in [0.1, 0.15) is 11.6 Å². The molecule has 0 aliphatic heterocycles. The molecule has 0 radical (unpaired) electrons. The van der Waals surface area contributed by atoms with E-state index < -0.39 is 59.8 Å². The monoisotopic (exact) mass is 476 g/mol. The Balaban J connectivity index is 2.05. The fourth-order valence-electron chi connectivity index (χ4n) is 2.66. The lowest BCUT2D eigenvalue weighted by Gasteiger charge is -2.13. The maximum Gasteiger partial charge on any atom is 0.433 e. The number of alkyl halides is 3. The summed E-state index contributed by atoms with van der Waals surface area (Å²) in [6.07, 6.45) is -4.96. The molecule has 0 saturated carbocycles. The number of hydrogen-bond donors (Lipinski definition) is 3. The number of carboxylic acid groups (broad SMARTS) is 2. The van der Waals surface area contributed by atoms with Crippen LogP contribution < -0.4 is 5.32 Å². The molecule has 0 unspecified atom stereocenters. The van der Waals surface area contributed by atoms with Crippen molar-refractivity contribution in [2.24, 2.45) is 0 Å². The SMILES string of the molecule is O=C(O)CC[C@H](NC(=O)c1cnn2c(C(F)(F)F)cc(-c3ccc(Cl)s3)nc12)C(=O)O. The molecule has 14 heteroatoms. The van der Waals surface area contributed by atoms with Gasteiger partial charge in [-0.2, -0.15) is 18.3 Å². The summed E-state index contributed by atoms with van der Waals surface area (Å²) in [6, 6.07) is 2.13. The molecule has 31 heavy (non-hydrogen) atoms. The van der Waals surface area contributed by atoms with E-state index in [-0.39, 0.29) is 5.69 Å². The van der Waals surface area contributed by atoms with Crippen LogP contribution in [0.3, 0.4) is 0 Å². The third-order valence-electron chi connectivity index (χ3n) is 4.08. The number of rotatable bonds is 7. The first-order valence-electron chi connectivity index (χ1n) is 8.44. The van der Waals surface area contributed by atoms with Crippen molar-refractivity contribution in [3.63, 3.8) is 0 Å². The van der Waals surface area contributed by atoms with E-state index in [0.717, 1.165) is 23.6 Å². The molecular weight excluding hydrogens is 465 g/mol. The van der Waals surface area contributed by atoms with Gasteiger partial charge < -0.3 is 15.5 Å². The van der Waals surface area contributed by atoms with Crippen LogP contribution in [-0.2, 0) is 15.8 Å². The Morgan fingerprint density at radius 2 is 1.97 bits per heavy atom. The summed E-state index contributed by atoms with van der Waals surface area (Å²) in [7, 11) is 0. The van der Waals surface area contributed by atoms with Crippen LogP contribution in [0.25, 0.3) is 16.2 Å². The fourth-order valence-corrected chi connectivity index (χ4v) is 3.67. The Morgan fingerprint density at radius 3 is 2.52 bits per heavy atom. The summed E-state index contributed by atoms with van der Waals surface area (Å²) in [4.78, 5) is 39.0. The number of carbonyl (C=O) groups excluding carboxylic acids is 1. The normalized spacial score (nSPS) is 12.6. The first kappa shape index (κ1) is 22.5. The molecule has 3 N–H and O–H groups in total. The molecule has 0 bridgehead atoms. The van der Waals surface area contributed by atoms with Gasteiger partial charge in [0.25, 0.3) is 5.91 Å². The van der Waals surface area contributed by atoms with Gasteiger partial charge in [-0.1, -0.05) is 11.6 Å². The number of nitrogens with zero attached hydrogens (tertiary/aromatic N) is 3. The number of halogens is 4. The number of nitrogens with one attached hydrogen (secondary N) is 1. The Hall–Kier alpha value is -3.19. The standard InChI is InChI=1S/C17H12ClF3N4O5S/c18-12-3-2-10(31-12)9-5-11(17(19,20)21)25-14(23-9)7(6-22-25)15(28)24-8(16(29)30)1-4-13(26)27/h2-3,5-6,8H,1,4H2,(H,24,28)(H,26,27)(H,29,30)/t8-/m0/s1. The highest BCUT2D eigenvalue weighted by molar-refractivity contribution is 7.19. The van der Waals surface area contributed by atoms with Gasteiger partial charge in [-0.05, 0) is 24.6 Å². The molecule has 3 rings (SSSR count). The number of aliphatic carboxylic acids is 2. The Labute approximate surface area is 180 Å². The topological polar surface area (TPSA) is 134 Å². The van der Waals surface area contributed by atoms with E-state index in [1.165, 1.54) is 12.1 Å². The fraction of sp³-hybridized carbons (Fsp3) is 0.235. The van der Waals surface area contributed by atoms with E-state index in [4.69, 9.17) is 16.7 Å². The number of aromatic nitrogens is 3. The maximum absolute atomic E-state index is 13.6. The van der Waals surface area contributed by atoms with Crippen molar-refractivity contribution in [3.8, 4) is 10.6 Å². The number of carbonyl (C=O) groups is 3. The molecule has 0 aromatic carbocycles. The van der Waals surface area contributed by atoms with E-state index in [9.17, 15) is 32.7 Å². The van der Waals surface area contributed by atoms with E-state index in [1.54, 1.807) is 0 Å². The van der Waals surface area contributed by atoms with Crippen LogP contribution in [-0.4, -0.2) is 48.7 Å². The van der Waals surface area contributed by atoms with Crippen molar-refractivity contribution < 1.29 is 37.8 Å². The Morgan fingerprint density at radius 1 is 1.26 bits per heavy atom. The third-order valence-corrected chi connectivity index (χ3v) is 5.34. The van der Waals surface area contributed by atoms with Crippen molar-refractivity contribution in [1.82, 2.24) is 19.9 Å². The van der Waals surface area contributed by atoms with Crippen molar-refractivity contribution in [2.75, 3.05) is 0 Å². The van der Waals surface area contributed by atoms with Crippen molar-refractivity contribution >= 4 is 46.4 Å². The van der Waals surface area contributed by atoms with Gasteiger partial charge >= 0.3 is 18.1 Å². The van der Waals surface area contributed by atoms with Gasteiger partial charge in [0, 0.05) is 6.42 Å². The van der Waals surface area contributed by atoms with Crippen molar-refractivity contribution in [3.05, 3.63) is 40.0 Å². The summed E-state index contributed by atoms with van der Waals surface area (Å²) in [6.45, 7) is 0. The molecule has 1 atom stereocenters. The number of amides is 1. The molecule has 0 aliphatic carbocycles. The van der Waals surface area contributed by atoms with Crippen LogP contribution in [0, 0.1) is 0 Å². The molecule has 0 fully saturated rings. The second kappa shape index (κ2) is 8.51. The Bertz CT molecular complexity index is 1180. The molecule has 3 aromatic rings. The van der Waals surface area contributed by atoms with Crippen LogP contribution in [0.2, 0.25) is 4.34 Å². The molecule has 3 aromatic heterocycles. The minimum Gasteiger partial charge on any atom is -0.481 e. The third kappa shape index (κ3) is 4.94. The number of hydrogen-bond acceptors (Lipinski definition) is 6. The molecule has 0 spiro atoms. The summed E-state index contributed by atoms with van der Waals surface area (Å²) in [5, 5.41) is 23.6. The summed E-state index contributed by atoms with van der Waals surface area (Å²) in [5.41, 5.74) is -2.16. The number of carboxylic acids is 2. The first-order valence-corrected chi connectivity index (χ1v) is 9.64. The highest BCUT2D eigenvalue weighted by Gasteiger charge is 2.36. The summed E-state index contributed by atoms with van der Waals surface area (Å²) >= 11 is 6.83. The number of fused-ring (bicyclic) bond motifs is 1. The minimum absolute atomic E-state index is 0.105. The number of thiophene rings is 1. The maximum atomic E-state index is 13.6. The predicted molar refractivity (Wildman–Crippen MR) is 102 cm³/mol. The smallest absolute Gasteiger partial charge is 0.433 e. The molecule has 3 heterocycles. The second-order valence-electron chi connectivity index (χ2n) is 6.22. The average molecular weight is 477 g/mol. The zero-order chi connectivity index (χ0) is 22.9. The van der Waals surface area contributed by atoms with Gasteiger partial charge in [0.2, 0.25) is 0 Å². The van der Waals surface area contributed by atoms with Gasteiger partial charge in [-0.25, -0.2) is 14.3 Å². The minimum atomic E-state index is -4.83. The van der Waals surface area contributed by atoms with Crippen LogP contribution >= 0.6 is 22.9 Å². The van der Waals surface area contributed by atoms with Crippen LogP contribution in [0.1, 0.15) is 28.9 Å². The first-order chi connectivity index (χ1) is 14.5. The van der Waals surface area contributed by atoms with Gasteiger partial charge in [0.15, 0.2) is 11.3 Å². The quantitative estimate of drug-likeness (QED) is 0.476. The summed E-state index contributed by atoms with van der Waals surface area (Å²) < 4.78 is 41.5. The lowest BCUT2D eigenvalue weighted by atomic mass is 10.1. The summed E-state index contributed by atoms with van der Waals surface area (Å²) in [5.74, 6) is -3.83. The predicted octanol–water partition coefficient (Wildman–Crippen LogP) is 3.18. The van der Waals surface area contributed by atoms with Crippen LogP contribution in [0.15, 0.2) is 24.4 Å². The Kier molecular flexibility index (Phi) is 6.18. The molecule has 164 valence electrons. The highest BCUT2D eigenvalue weighted by Crippen LogP contribution is 2.35. The second-order valence-corrected chi connectivity index (χ2v) is 7.93. The lowest BCUT2D eigenvalue weighted by Crippen LogP contribution is -2.41. The van der Waals surface area contributed by atoms with E-state index >= 15 is 0 Å².